The molecule has 6 nitrogen and oxygen atoms in total. The second-order valence-corrected chi connectivity index (χ2v) is 5.44. The van der Waals surface area contributed by atoms with Crippen molar-refractivity contribution in [3.63, 3.8) is 0 Å². The highest BCUT2D eigenvalue weighted by molar-refractivity contribution is 5.63. The maximum atomic E-state index is 5.64. The van der Waals surface area contributed by atoms with Crippen molar-refractivity contribution in [1.29, 1.82) is 0 Å². The van der Waals surface area contributed by atoms with Crippen molar-refractivity contribution in [3.8, 4) is 22.6 Å². The van der Waals surface area contributed by atoms with Crippen LogP contribution in [-0.4, -0.2) is 20.2 Å². The zero-order valence-electron chi connectivity index (χ0n) is 13.3. The molecule has 0 atom stereocenters. The van der Waals surface area contributed by atoms with Gasteiger partial charge in [-0.1, -0.05) is 29.4 Å². The number of pyridine rings is 2. The Morgan fingerprint density at radius 1 is 0.800 bits per heavy atom. The van der Waals surface area contributed by atoms with Crippen LogP contribution >= 0.6 is 0 Å². The third kappa shape index (κ3) is 3.53. The van der Waals surface area contributed by atoms with E-state index in [0.717, 1.165) is 22.3 Å². The van der Waals surface area contributed by atoms with Crippen LogP contribution in [0.1, 0.15) is 5.56 Å². The third-order valence-electron chi connectivity index (χ3n) is 3.72. The van der Waals surface area contributed by atoms with Crippen LogP contribution in [0.3, 0.4) is 0 Å². The SMILES string of the molecule is c1cncc(-c2cccc(CNc3nnc(-c4ccncc4)o3)c2)c1. The van der Waals surface area contributed by atoms with Crippen LogP contribution in [0.5, 0.6) is 0 Å². The minimum atomic E-state index is 0.388. The van der Waals surface area contributed by atoms with Crippen LogP contribution < -0.4 is 5.32 Å². The van der Waals surface area contributed by atoms with E-state index in [9.17, 15) is 0 Å². The maximum absolute atomic E-state index is 5.64. The number of anilines is 1. The summed E-state index contributed by atoms with van der Waals surface area (Å²) in [4.78, 5) is 8.14. The van der Waals surface area contributed by atoms with Crippen molar-refractivity contribution in [2.45, 2.75) is 6.54 Å². The lowest BCUT2D eigenvalue weighted by molar-refractivity contribution is 0.581. The molecule has 0 radical (unpaired) electrons. The number of hydrogen-bond donors (Lipinski definition) is 1. The quantitative estimate of drug-likeness (QED) is 0.600. The number of nitrogens with one attached hydrogen (secondary N) is 1. The molecule has 6 heteroatoms. The van der Waals surface area contributed by atoms with E-state index in [1.807, 2.05) is 42.6 Å². The van der Waals surface area contributed by atoms with Gasteiger partial charge in [0.2, 0.25) is 5.89 Å². The van der Waals surface area contributed by atoms with Crippen LogP contribution in [0.2, 0.25) is 0 Å². The molecule has 4 aromatic rings. The standard InChI is InChI=1S/C19H15N5O/c1-3-14(11-16(4-1)17-5-2-8-21-13-17)12-22-19-24-23-18(25-19)15-6-9-20-10-7-15/h1-11,13H,12H2,(H,22,24). The molecule has 3 aromatic heterocycles. The highest BCUT2D eigenvalue weighted by atomic mass is 16.4. The van der Waals surface area contributed by atoms with Gasteiger partial charge in [-0.3, -0.25) is 9.97 Å². The van der Waals surface area contributed by atoms with Crippen molar-refractivity contribution in [2.24, 2.45) is 0 Å². The Balaban J connectivity index is 1.46. The first kappa shape index (κ1) is 15.0. The molecule has 0 amide bonds. The molecule has 0 aliphatic rings. The third-order valence-corrected chi connectivity index (χ3v) is 3.72. The van der Waals surface area contributed by atoms with Gasteiger partial charge in [0.15, 0.2) is 0 Å². The summed E-state index contributed by atoms with van der Waals surface area (Å²) < 4.78 is 5.64. The first-order valence-electron chi connectivity index (χ1n) is 7.85. The number of nitrogens with zero attached hydrogens (tertiary/aromatic N) is 4. The molecule has 25 heavy (non-hydrogen) atoms. The highest BCUT2D eigenvalue weighted by Gasteiger charge is 2.08. The summed E-state index contributed by atoms with van der Waals surface area (Å²) in [5.41, 5.74) is 4.16. The van der Waals surface area contributed by atoms with E-state index in [-0.39, 0.29) is 0 Å². The lowest BCUT2D eigenvalue weighted by atomic mass is 10.0. The highest BCUT2D eigenvalue weighted by Crippen LogP contribution is 2.21. The van der Waals surface area contributed by atoms with Crippen LogP contribution in [-0.2, 0) is 6.54 Å². The monoisotopic (exact) mass is 329 g/mol. The van der Waals surface area contributed by atoms with Gasteiger partial charge in [-0.2, -0.15) is 0 Å². The van der Waals surface area contributed by atoms with E-state index in [4.69, 9.17) is 4.42 Å². The van der Waals surface area contributed by atoms with Crippen molar-refractivity contribution >= 4 is 6.01 Å². The van der Waals surface area contributed by atoms with Crippen molar-refractivity contribution in [2.75, 3.05) is 5.32 Å². The fourth-order valence-electron chi connectivity index (χ4n) is 2.48. The largest absolute Gasteiger partial charge is 0.403 e. The molecule has 0 bridgehead atoms. The zero-order valence-corrected chi connectivity index (χ0v) is 13.3. The van der Waals surface area contributed by atoms with Gasteiger partial charge in [-0.15, -0.1) is 5.10 Å². The van der Waals surface area contributed by atoms with E-state index >= 15 is 0 Å². The van der Waals surface area contributed by atoms with Crippen LogP contribution in [0, 0.1) is 0 Å². The summed E-state index contributed by atoms with van der Waals surface area (Å²) in [5, 5.41) is 11.2. The minimum Gasteiger partial charge on any atom is -0.403 e. The molecule has 4 rings (SSSR count). The predicted octanol–water partition coefficient (Wildman–Crippen LogP) is 3.81. The van der Waals surface area contributed by atoms with Crippen LogP contribution in [0.4, 0.5) is 6.01 Å². The molecular weight excluding hydrogens is 314 g/mol. The molecule has 0 fully saturated rings. The number of benzene rings is 1. The summed E-state index contributed by atoms with van der Waals surface area (Å²) in [7, 11) is 0. The molecule has 0 aliphatic carbocycles. The fourth-order valence-corrected chi connectivity index (χ4v) is 2.48. The summed E-state index contributed by atoms with van der Waals surface area (Å²) in [6.45, 7) is 0.589. The molecular formula is C19H15N5O. The number of hydrogen-bond acceptors (Lipinski definition) is 6. The van der Waals surface area contributed by atoms with E-state index in [0.29, 0.717) is 18.5 Å². The molecule has 3 heterocycles. The Bertz CT molecular complexity index is 954. The lowest BCUT2D eigenvalue weighted by Crippen LogP contribution is -1.99. The number of aromatic nitrogens is 4. The second-order valence-electron chi connectivity index (χ2n) is 5.44. The normalized spacial score (nSPS) is 10.6. The first-order valence-corrected chi connectivity index (χ1v) is 7.85. The summed E-state index contributed by atoms with van der Waals surface area (Å²) in [6.07, 6.45) is 7.00. The van der Waals surface area contributed by atoms with Gasteiger partial charge in [-0.05, 0) is 41.0 Å². The average Bonchev–Trinajstić information content (AvgIpc) is 3.17. The van der Waals surface area contributed by atoms with E-state index in [2.05, 4.69) is 37.6 Å². The molecule has 0 unspecified atom stereocenters. The summed E-state index contributed by atoms with van der Waals surface area (Å²) in [5.74, 6) is 0.467. The van der Waals surface area contributed by atoms with Crippen molar-refractivity contribution < 1.29 is 4.42 Å². The van der Waals surface area contributed by atoms with Gasteiger partial charge < -0.3 is 9.73 Å². The smallest absolute Gasteiger partial charge is 0.316 e. The van der Waals surface area contributed by atoms with Crippen molar-refractivity contribution in [3.05, 3.63) is 78.9 Å². The Morgan fingerprint density at radius 2 is 1.68 bits per heavy atom. The fraction of sp³-hybridized carbons (Fsp3) is 0.0526. The topological polar surface area (TPSA) is 76.7 Å². The Hall–Kier alpha value is -3.54. The van der Waals surface area contributed by atoms with E-state index < -0.39 is 0 Å². The van der Waals surface area contributed by atoms with Gasteiger partial charge >= 0.3 is 6.01 Å². The zero-order chi connectivity index (χ0) is 16.9. The minimum absolute atomic E-state index is 0.388. The van der Waals surface area contributed by atoms with E-state index in [1.54, 1.807) is 18.6 Å². The van der Waals surface area contributed by atoms with Gasteiger partial charge in [-0.25, -0.2) is 0 Å². The Morgan fingerprint density at radius 3 is 2.52 bits per heavy atom. The van der Waals surface area contributed by atoms with Crippen LogP contribution in [0.15, 0.2) is 77.7 Å². The van der Waals surface area contributed by atoms with E-state index in [1.165, 1.54) is 0 Å². The molecule has 1 aromatic carbocycles. The van der Waals surface area contributed by atoms with Gasteiger partial charge in [0.25, 0.3) is 0 Å². The molecule has 122 valence electrons. The predicted molar refractivity (Wildman–Crippen MR) is 94.5 cm³/mol. The summed E-state index contributed by atoms with van der Waals surface area (Å²) >= 11 is 0. The van der Waals surface area contributed by atoms with Crippen LogP contribution in [0.25, 0.3) is 22.6 Å². The van der Waals surface area contributed by atoms with Gasteiger partial charge in [0.05, 0.1) is 0 Å². The molecule has 0 spiro atoms. The molecule has 1 N–H and O–H groups in total. The lowest BCUT2D eigenvalue weighted by Gasteiger charge is -2.05. The molecule has 0 saturated heterocycles. The van der Waals surface area contributed by atoms with Gasteiger partial charge in [0.1, 0.15) is 0 Å². The maximum Gasteiger partial charge on any atom is 0.316 e. The first-order chi connectivity index (χ1) is 12.4. The Labute approximate surface area is 144 Å². The average molecular weight is 329 g/mol. The summed E-state index contributed by atoms with van der Waals surface area (Å²) in [6, 6.07) is 16.3. The Kier molecular flexibility index (Phi) is 4.16. The van der Waals surface area contributed by atoms with Crippen molar-refractivity contribution in [1.82, 2.24) is 20.2 Å². The molecule has 0 aliphatic heterocycles. The number of rotatable bonds is 5. The second kappa shape index (κ2) is 6.92. The van der Waals surface area contributed by atoms with Gasteiger partial charge in [0, 0.05) is 36.9 Å². The molecule has 0 saturated carbocycles.